The van der Waals surface area contributed by atoms with E-state index in [-0.39, 0.29) is 0 Å². The van der Waals surface area contributed by atoms with Gasteiger partial charge in [0.05, 0.1) is 11.3 Å². The van der Waals surface area contributed by atoms with Crippen LogP contribution in [0.4, 0.5) is 5.69 Å². The molecule has 1 aliphatic rings. The van der Waals surface area contributed by atoms with Crippen molar-refractivity contribution in [3.05, 3.63) is 29.8 Å². The number of nitrogens with zero attached hydrogens (tertiary/aromatic N) is 2. The molecule has 1 atom stereocenters. The maximum atomic E-state index is 9.06. The van der Waals surface area contributed by atoms with Crippen LogP contribution in [0.1, 0.15) is 31.7 Å². The van der Waals surface area contributed by atoms with Crippen molar-refractivity contribution in [1.29, 1.82) is 5.26 Å². The zero-order valence-electron chi connectivity index (χ0n) is 9.11. The average Bonchev–Trinajstić information content (AvgIpc) is 2.30. The standard InChI is InChI=1S/C13H16N2/c1-11-6-4-5-9-15(11)13-8-3-2-7-12(13)10-14/h2-3,7-8,11H,4-6,9H2,1H3. The number of nitriles is 1. The number of rotatable bonds is 1. The molecule has 2 nitrogen and oxygen atoms in total. The van der Waals surface area contributed by atoms with Gasteiger partial charge in [0.2, 0.25) is 0 Å². The van der Waals surface area contributed by atoms with E-state index < -0.39 is 0 Å². The minimum Gasteiger partial charge on any atom is -0.368 e. The summed E-state index contributed by atoms with van der Waals surface area (Å²) >= 11 is 0. The Morgan fingerprint density at radius 2 is 2.13 bits per heavy atom. The van der Waals surface area contributed by atoms with E-state index in [2.05, 4.69) is 24.0 Å². The first-order valence-corrected chi connectivity index (χ1v) is 5.58. The van der Waals surface area contributed by atoms with Crippen molar-refractivity contribution in [1.82, 2.24) is 0 Å². The van der Waals surface area contributed by atoms with Gasteiger partial charge in [-0.1, -0.05) is 12.1 Å². The highest BCUT2D eigenvalue weighted by molar-refractivity contribution is 5.59. The summed E-state index contributed by atoms with van der Waals surface area (Å²) in [4.78, 5) is 2.36. The molecule has 0 spiro atoms. The molecule has 0 bridgehead atoms. The zero-order chi connectivity index (χ0) is 10.7. The van der Waals surface area contributed by atoms with Gasteiger partial charge in [0.15, 0.2) is 0 Å². The summed E-state index contributed by atoms with van der Waals surface area (Å²) in [5, 5.41) is 9.06. The number of benzene rings is 1. The molecular formula is C13H16N2. The number of piperidine rings is 1. The third-order valence-electron chi connectivity index (χ3n) is 3.14. The monoisotopic (exact) mass is 200 g/mol. The van der Waals surface area contributed by atoms with E-state index in [1.165, 1.54) is 19.3 Å². The Hall–Kier alpha value is -1.49. The second kappa shape index (κ2) is 4.35. The van der Waals surface area contributed by atoms with E-state index in [4.69, 9.17) is 5.26 Å². The third kappa shape index (κ3) is 1.97. The largest absolute Gasteiger partial charge is 0.368 e. The SMILES string of the molecule is CC1CCCCN1c1ccccc1C#N. The summed E-state index contributed by atoms with van der Waals surface area (Å²) in [6, 6.07) is 10.7. The Morgan fingerprint density at radius 3 is 2.87 bits per heavy atom. The van der Waals surface area contributed by atoms with E-state index in [1.54, 1.807) is 0 Å². The molecule has 0 saturated carbocycles. The topological polar surface area (TPSA) is 27.0 Å². The fourth-order valence-electron chi connectivity index (χ4n) is 2.27. The van der Waals surface area contributed by atoms with Gasteiger partial charge in [-0.25, -0.2) is 0 Å². The Balaban J connectivity index is 2.31. The smallest absolute Gasteiger partial charge is 0.101 e. The molecule has 78 valence electrons. The molecule has 0 amide bonds. The molecule has 1 aromatic rings. The van der Waals surface area contributed by atoms with Crippen LogP contribution in [-0.4, -0.2) is 12.6 Å². The van der Waals surface area contributed by atoms with Crippen LogP contribution < -0.4 is 4.90 Å². The van der Waals surface area contributed by atoms with Crippen molar-refractivity contribution in [2.45, 2.75) is 32.2 Å². The van der Waals surface area contributed by atoms with Crippen molar-refractivity contribution in [2.24, 2.45) is 0 Å². The first-order chi connectivity index (χ1) is 7.33. The normalized spacial score (nSPS) is 21.1. The fraction of sp³-hybridized carbons (Fsp3) is 0.462. The van der Waals surface area contributed by atoms with E-state index >= 15 is 0 Å². The summed E-state index contributed by atoms with van der Waals surface area (Å²) in [6.07, 6.45) is 3.79. The molecule has 0 aliphatic carbocycles. The van der Waals surface area contributed by atoms with Crippen LogP contribution in [-0.2, 0) is 0 Å². The molecule has 1 aliphatic heterocycles. The van der Waals surface area contributed by atoms with Crippen LogP contribution in [0.5, 0.6) is 0 Å². The average molecular weight is 200 g/mol. The van der Waals surface area contributed by atoms with Gasteiger partial charge in [-0.05, 0) is 38.3 Å². The Kier molecular flexibility index (Phi) is 2.91. The minimum absolute atomic E-state index is 0.563. The van der Waals surface area contributed by atoms with Crippen LogP contribution in [0.25, 0.3) is 0 Å². The molecule has 0 aromatic heterocycles. The van der Waals surface area contributed by atoms with Gasteiger partial charge < -0.3 is 4.90 Å². The van der Waals surface area contributed by atoms with E-state index in [0.717, 1.165) is 17.8 Å². The van der Waals surface area contributed by atoms with Crippen LogP contribution in [0.3, 0.4) is 0 Å². The lowest BCUT2D eigenvalue weighted by molar-refractivity contribution is 0.484. The Morgan fingerprint density at radius 1 is 1.33 bits per heavy atom. The van der Waals surface area contributed by atoms with Crippen LogP contribution in [0.2, 0.25) is 0 Å². The lowest BCUT2D eigenvalue weighted by atomic mass is 10.0. The predicted octanol–water partition coefficient (Wildman–Crippen LogP) is 2.94. The predicted molar refractivity (Wildman–Crippen MR) is 61.8 cm³/mol. The summed E-state index contributed by atoms with van der Waals surface area (Å²) in [5.41, 5.74) is 1.90. The lowest BCUT2D eigenvalue weighted by Crippen LogP contribution is -2.37. The number of para-hydroxylation sites is 1. The van der Waals surface area contributed by atoms with Crippen LogP contribution >= 0.6 is 0 Å². The van der Waals surface area contributed by atoms with Gasteiger partial charge in [-0.3, -0.25) is 0 Å². The van der Waals surface area contributed by atoms with Gasteiger partial charge in [0.25, 0.3) is 0 Å². The van der Waals surface area contributed by atoms with E-state index in [9.17, 15) is 0 Å². The summed E-state index contributed by atoms with van der Waals surface area (Å²) in [6.45, 7) is 3.33. The molecule has 2 heteroatoms. The van der Waals surface area contributed by atoms with Gasteiger partial charge in [0.1, 0.15) is 6.07 Å². The zero-order valence-corrected chi connectivity index (χ0v) is 9.11. The first-order valence-electron chi connectivity index (χ1n) is 5.58. The minimum atomic E-state index is 0.563. The van der Waals surface area contributed by atoms with Gasteiger partial charge in [-0.15, -0.1) is 0 Å². The van der Waals surface area contributed by atoms with Crippen LogP contribution in [0, 0.1) is 11.3 Å². The lowest BCUT2D eigenvalue weighted by Gasteiger charge is -2.35. The molecule has 15 heavy (non-hydrogen) atoms. The quantitative estimate of drug-likeness (QED) is 0.697. The van der Waals surface area contributed by atoms with E-state index in [0.29, 0.717) is 6.04 Å². The van der Waals surface area contributed by atoms with Crippen molar-refractivity contribution in [2.75, 3.05) is 11.4 Å². The fourth-order valence-corrected chi connectivity index (χ4v) is 2.27. The summed E-state index contributed by atoms with van der Waals surface area (Å²) in [7, 11) is 0. The van der Waals surface area contributed by atoms with Crippen molar-refractivity contribution in [3.63, 3.8) is 0 Å². The van der Waals surface area contributed by atoms with Crippen molar-refractivity contribution < 1.29 is 0 Å². The second-order valence-electron chi connectivity index (χ2n) is 4.17. The maximum absolute atomic E-state index is 9.06. The molecule has 1 saturated heterocycles. The summed E-state index contributed by atoms with van der Waals surface area (Å²) < 4.78 is 0. The number of hydrogen-bond acceptors (Lipinski definition) is 2. The molecule has 1 unspecified atom stereocenters. The summed E-state index contributed by atoms with van der Waals surface area (Å²) in [5.74, 6) is 0. The molecule has 2 rings (SSSR count). The molecule has 1 fully saturated rings. The number of hydrogen-bond donors (Lipinski definition) is 0. The van der Waals surface area contributed by atoms with Crippen molar-refractivity contribution >= 4 is 5.69 Å². The highest BCUT2D eigenvalue weighted by Gasteiger charge is 2.20. The number of anilines is 1. The van der Waals surface area contributed by atoms with Crippen LogP contribution in [0.15, 0.2) is 24.3 Å². The Bertz CT molecular complexity index is 378. The highest BCUT2D eigenvalue weighted by Crippen LogP contribution is 2.27. The highest BCUT2D eigenvalue weighted by atomic mass is 15.2. The molecule has 0 N–H and O–H groups in total. The third-order valence-corrected chi connectivity index (χ3v) is 3.14. The second-order valence-corrected chi connectivity index (χ2v) is 4.17. The Labute approximate surface area is 91.1 Å². The van der Waals surface area contributed by atoms with E-state index in [1.807, 2.05) is 18.2 Å². The van der Waals surface area contributed by atoms with Gasteiger partial charge in [-0.2, -0.15) is 5.26 Å². The van der Waals surface area contributed by atoms with Gasteiger partial charge >= 0.3 is 0 Å². The first kappa shape index (κ1) is 10.0. The van der Waals surface area contributed by atoms with Gasteiger partial charge in [0, 0.05) is 12.6 Å². The molecule has 1 heterocycles. The molecular weight excluding hydrogens is 184 g/mol. The maximum Gasteiger partial charge on any atom is 0.101 e. The van der Waals surface area contributed by atoms with Crippen molar-refractivity contribution in [3.8, 4) is 6.07 Å². The molecule has 0 radical (unpaired) electrons. The molecule has 1 aromatic carbocycles.